The van der Waals surface area contributed by atoms with E-state index in [2.05, 4.69) is 13.2 Å². The van der Waals surface area contributed by atoms with Gasteiger partial charge in [-0.2, -0.15) is 0 Å². The van der Waals surface area contributed by atoms with Crippen LogP contribution in [0, 0.1) is 11.8 Å². The summed E-state index contributed by atoms with van der Waals surface area (Å²) in [5.41, 5.74) is 0.723. The molecule has 5 atom stereocenters. The van der Waals surface area contributed by atoms with Crippen molar-refractivity contribution in [2.24, 2.45) is 11.8 Å². The van der Waals surface area contributed by atoms with Crippen molar-refractivity contribution in [2.45, 2.75) is 41.7 Å². The molecule has 0 saturated carbocycles. The van der Waals surface area contributed by atoms with Crippen LogP contribution in [-0.2, 0) is 19.1 Å². The van der Waals surface area contributed by atoms with Gasteiger partial charge in [0.2, 0.25) is 5.91 Å². The van der Waals surface area contributed by atoms with E-state index in [0.29, 0.717) is 12.8 Å². The first kappa shape index (κ1) is 26.5. The molecule has 8 heteroatoms. The molecule has 3 aliphatic rings. The second-order valence-corrected chi connectivity index (χ2v) is 11.8. The monoisotopic (exact) mass is 534 g/mol. The third-order valence-electron chi connectivity index (χ3n) is 8.07. The number of allylic oxidation sites excluding steroid dienone is 1. The molecule has 2 aromatic rings. The molecule has 2 unspecified atom stereocenters. The summed E-state index contributed by atoms with van der Waals surface area (Å²) in [4.78, 5) is 44.7. The molecular formula is C30H34N2O5S. The van der Waals surface area contributed by atoms with E-state index >= 15 is 0 Å². The number of fused-ring (bicyclic) bond motifs is 2. The van der Waals surface area contributed by atoms with Gasteiger partial charge in [-0.3, -0.25) is 14.4 Å². The van der Waals surface area contributed by atoms with Crippen molar-refractivity contribution >= 4 is 46.0 Å². The first-order valence-electron chi connectivity index (χ1n) is 13.2. The minimum absolute atomic E-state index is 0.0411. The van der Waals surface area contributed by atoms with Gasteiger partial charge in [0.15, 0.2) is 0 Å². The summed E-state index contributed by atoms with van der Waals surface area (Å²) in [6, 6.07) is 13.0. The van der Waals surface area contributed by atoms with E-state index in [0.717, 1.165) is 29.3 Å². The zero-order valence-electron chi connectivity index (χ0n) is 21.5. The van der Waals surface area contributed by atoms with Crippen LogP contribution in [0.15, 0.2) is 67.8 Å². The molecule has 2 aromatic carbocycles. The number of amides is 2. The Bertz CT molecular complexity index is 1260. The van der Waals surface area contributed by atoms with Crippen LogP contribution in [0.25, 0.3) is 10.8 Å². The zero-order chi connectivity index (χ0) is 26.9. The van der Waals surface area contributed by atoms with Crippen LogP contribution in [-0.4, -0.2) is 70.1 Å². The summed E-state index contributed by atoms with van der Waals surface area (Å²) in [6.07, 6.45) is 6.30. The Morgan fingerprint density at radius 2 is 1.97 bits per heavy atom. The number of carbonyl (C=O) groups is 3. The summed E-state index contributed by atoms with van der Waals surface area (Å²) in [5, 5.41) is 11.9. The van der Waals surface area contributed by atoms with Crippen LogP contribution in [0.4, 0.5) is 5.69 Å². The highest BCUT2D eigenvalue weighted by Crippen LogP contribution is 2.66. The second-order valence-electron chi connectivity index (χ2n) is 10.2. The maximum atomic E-state index is 14.4. The third-order valence-corrected chi connectivity index (χ3v) is 10.0. The van der Waals surface area contributed by atoms with Gasteiger partial charge < -0.3 is 19.6 Å². The molecule has 2 amide bonds. The number of β-amino-alcohol motifs (C(OH)–C–C–N with tert-alkyl or cyclic N) is 1. The topological polar surface area (TPSA) is 87.1 Å². The van der Waals surface area contributed by atoms with Gasteiger partial charge in [-0.1, -0.05) is 42.5 Å². The molecular weight excluding hydrogens is 500 g/mol. The molecule has 0 aliphatic carbocycles. The molecule has 7 nitrogen and oxygen atoms in total. The largest absolute Gasteiger partial charge is 0.465 e. The lowest BCUT2D eigenvalue weighted by molar-refractivity contribution is -0.154. The molecule has 3 saturated heterocycles. The molecule has 3 aliphatic heterocycles. The SMILES string of the molecule is C=CCCCOC(=O)[C@@H]1[C@H]2C(=O)N(CCO)C(C(=O)N(CC=C)c3ccc4ccccc4c3)C23CC[C@H]1S3. The molecule has 1 N–H and O–H groups in total. The van der Waals surface area contributed by atoms with E-state index in [4.69, 9.17) is 4.74 Å². The van der Waals surface area contributed by atoms with Gasteiger partial charge in [-0.15, -0.1) is 24.9 Å². The van der Waals surface area contributed by atoms with E-state index in [9.17, 15) is 19.5 Å². The van der Waals surface area contributed by atoms with Crippen molar-refractivity contribution in [1.29, 1.82) is 0 Å². The van der Waals surface area contributed by atoms with E-state index < -0.39 is 22.6 Å². The summed E-state index contributed by atoms with van der Waals surface area (Å²) in [6.45, 7) is 7.90. The van der Waals surface area contributed by atoms with Crippen LogP contribution in [0.3, 0.4) is 0 Å². The fraction of sp³-hybridized carbons (Fsp3) is 0.433. The molecule has 38 heavy (non-hydrogen) atoms. The van der Waals surface area contributed by atoms with Crippen molar-refractivity contribution < 1.29 is 24.2 Å². The number of nitrogens with zero attached hydrogens (tertiary/aromatic N) is 2. The fourth-order valence-corrected chi connectivity index (χ4v) is 8.69. The average molecular weight is 535 g/mol. The molecule has 2 bridgehead atoms. The zero-order valence-corrected chi connectivity index (χ0v) is 22.3. The normalized spacial score (nSPS) is 27.4. The number of anilines is 1. The van der Waals surface area contributed by atoms with E-state index in [1.165, 1.54) is 4.90 Å². The Labute approximate surface area is 227 Å². The lowest BCUT2D eigenvalue weighted by Crippen LogP contribution is -2.55. The number of likely N-dealkylation sites (tertiary alicyclic amines) is 1. The van der Waals surface area contributed by atoms with Crippen molar-refractivity contribution in [3.63, 3.8) is 0 Å². The minimum atomic E-state index is -0.785. The Morgan fingerprint density at radius 3 is 2.71 bits per heavy atom. The highest BCUT2D eigenvalue weighted by Gasteiger charge is 2.74. The summed E-state index contributed by atoms with van der Waals surface area (Å²) in [5.74, 6) is -2.03. The molecule has 3 fully saturated rings. The number of benzene rings is 2. The maximum absolute atomic E-state index is 14.4. The minimum Gasteiger partial charge on any atom is -0.465 e. The number of carbonyl (C=O) groups excluding carboxylic acids is 3. The highest BCUT2D eigenvalue weighted by atomic mass is 32.2. The van der Waals surface area contributed by atoms with Gasteiger partial charge in [0.25, 0.3) is 5.91 Å². The van der Waals surface area contributed by atoms with Crippen molar-refractivity contribution in [3.05, 3.63) is 67.8 Å². The van der Waals surface area contributed by atoms with E-state index in [1.807, 2.05) is 42.5 Å². The van der Waals surface area contributed by atoms with Gasteiger partial charge in [0, 0.05) is 24.0 Å². The molecule has 1 spiro atoms. The summed E-state index contributed by atoms with van der Waals surface area (Å²) >= 11 is 1.60. The number of aliphatic hydroxyl groups excluding tert-OH is 1. The summed E-state index contributed by atoms with van der Waals surface area (Å²) in [7, 11) is 0. The first-order valence-corrected chi connectivity index (χ1v) is 14.1. The van der Waals surface area contributed by atoms with Crippen LogP contribution in [0.2, 0.25) is 0 Å². The molecule has 5 rings (SSSR count). The van der Waals surface area contributed by atoms with Gasteiger partial charge in [-0.25, -0.2) is 0 Å². The predicted octanol–water partition coefficient (Wildman–Crippen LogP) is 3.95. The molecule has 3 heterocycles. The smallest absolute Gasteiger partial charge is 0.310 e. The van der Waals surface area contributed by atoms with Crippen LogP contribution in [0.1, 0.15) is 25.7 Å². The van der Waals surface area contributed by atoms with Gasteiger partial charge in [0.1, 0.15) is 6.04 Å². The van der Waals surface area contributed by atoms with E-state index in [-0.39, 0.29) is 49.3 Å². The Hall–Kier alpha value is -3.10. The number of esters is 1. The third kappa shape index (κ3) is 4.33. The van der Waals surface area contributed by atoms with E-state index in [1.54, 1.807) is 28.8 Å². The predicted molar refractivity (Wildman–Crippen MR) is 150 cm³/mol. The van der Waals surface area contributed by atoms with Crippen LogP contribution in [0.5, 0.6) is 0 Å². The van der Waals surface area contributed by atoms with Crippen molar-refractivity contribution in [1.82, 2.24) is 4.90 Å². The summed E-state index contributed by atoms with van der Waals surface area (Å²) < 4.78 is 4.87. The van der Waals surface area contributed by atoms with Crippen LogP contribution >= 0.6 is 11.8 Å². The van der Waals surface area contributed by atoms with Crippen molar-refractivity contribution in [2.75, 3.05) is 31.2 Å². The fourth-order valence-electron chi connectivity index (χ4n) is 6.49. The first-order chi connectivity index (χ1) is 18.5. The van der Waals surface area contributed by atoms with Gasteiger partial charge in [0.05, 0.1) is 29.8 Å². The number of aliphatic hydroxyl groups is 1. The highest BCUT2D eigenvalue weighted by molar-refractivity contribution is 8.02. The van der Waals surface area contributed by atoms with Gasteiger partial charge in [-0.05, 0) is 48.6 Å². The molecule has 0 aromatic heterocycles. The molecule has 0 radical (unpaired) electrons. The lowest BCUT2D eigenvalue weighted by Gasteiger charge is -2.37. The van der Waals surface area contributed by atoms with Crippen molar-refractivity contribution in [3.8, 4) is 0 Å². The number of hydrogen-bond donors (Lipinski definition) is 1. The number of rotatable bonds is 11. The number of unbranched alkanes of at least 4 members (excludes halogenated alkanes) is 1. The number of thioether (sulfide) groups is 1. The second kappa shape index (κ2) is 10.9. The Balaban J connectivity index is 1.49. The number of ether oxygens (including phenoxy) is 1. The molecule has 200 valence electrons. The number of hydrogen-bond acceptors (Lipinski definition) is 6. The standard InChI is InChI=1S/C30H34N2O5S/c1-3-5-8-18-37-29(36)24-23-13-14-30(38-23)25(24)27(34)32(16-17-33)26(30)28(35)31(15-4-2)22-12-11-20-9-6-7-10-21(20)19-22/h3-4,6-7,9-12,19,23-26,33H,1-2,5,8,13-18H2/t23-,24+,25+,26?,30?/m1/s1. The Kier molecular flexibility index (Phi) is 7.63. The Morgan fingerprint density at radius 1 is 1.18 bits per heavy atom. The van der Waals surface area contributed by atoms with Gasteiger partial charge >= 0.3 is 5.97 Å². The van der Waals surface area contributed by atoms with Crippen LogP contribution < -0.4 is 4.90 Å². The maximum Gasteiger partial charge on any atom is 0.310 e. The lowest BCUT2D eigenvalue weighted by atomic mass is 9.71. The average Bonchev–Trinajstić information content (AvgIpc) is 3.57. The quantitative estimate of drug-likeness (QED) is 0.267.